The Morgan fingerprint density at radius 2 is 1.92 bits per heavy atom. The number of nitrogens with one attached hydrogen (secondary N) is 1. The van der Waals surface area contributed by atoms with Gasteiger partial charge in [-0.2, -0.15) is 0 Å². The van der Waals surface area contributed by atoms with E-state index in [4.69, 9.17) is 32.7 Å². The molecule has 4 rings (SSSR count). The zero-order chi connectivity index (χ0) is 26.3. The molecule has 0 radical (unpaired) electrons. The van der Waals surface area contributed by atoms with Gasteiger partial charge < -0.3 is 19.9 Å². The van der Waals surface area contributed by atoms with Gasteiger partial charge in [-0.3, -0.25) is 4.79 Å². The van der Waals surface area contributed by atoms with Crippen LogP contribution in [0, 0.1) is 16.7 Å². The maximum absolute atomic E-state index is 13.3. The molecule has 3 unspecified atom stereocenters. The van der Waals surface area contributed by atoms with Crippen molar-refractivity contribution in [2.45, 2.75) is 72.4 Å². The smallest absolute Gasteiger partial charge is 0.342 e. The summed E-state index contributed by atoms with van der Waals surface area (Å²) in [5, 5.41) is 13.9. The molecule has 3 atom stereocenters. The fraction of sp³-hybridized carbons (Fsp3) is 0.500. The highest BCUT2D eigenvalue weighted by Gasteiger charge is 2.62. The molecule has 2 aliphatic rings. The number of esters is 2. The molecule has 2 aromatic carbocycles. The fourth-order valence-electron chi connectivity index (χ4n) is 5.72. The molecule has 2 N–H and O–H groups in total. The lowest BCUT2D eigenvalue weighted by Gasteiger charge is -2.38. The van der Waals surface area contributed by atoms with Gasteiger partial charge in [-0.15, -0.1) is 0 Å². The summed E-state index contributed by atoms with van der Waals surface area (Å²) in [5.41, 5.74) is 1.34. The number of halogens is 2. The van der Waals surface area contributed by atoms with Gasteiger partial charge in [0.15, 0.2) is 0 Å². The normalized spacial score (nSPS) is 23.9. The van der Waals surface area contributed by atoms with Crippen molar-refractivity contribution in [3.63, 3.8) is 0 Å². The molecule has 0 heterocycles. The second-order valence-corrected chi connectivity index (χ2v) is 11.5. The van der Waals surface area contributed by atoms with Crippen molar-refractivity contribution in [3.05, 3.63) is 51.5 Å². The molecule has 2 saturated carbocycles. The minimum absolute atomic E-state index is 0.0642. The number of ether oxygens (including phenoxy) is 2. The van der Waals surface area contributed by atoms with Crippen LogP contribution in [0.5, 0.6) is 11.5 Å². The summed E-state index contributed by atoms with van der Waals surface area (Å²) < 4.78 is 11.6. The van der Waals surface area contributed by atoms with Crippen molar-refractivity contribution in [3.8, 4) is 11.5 Å². The molecule has 0 spiro atoms. The lowest BCUT2D eigenvalue weighted by atomic mass is 9.70. The van der Waals surface area contributed by atoms with Crippen molar-refractivity contribution < 1.29 is 24.2 Å². The van der Waals surface area contributed by atoms with Gasteiger partial charge in [0, 0.05) is 40.7 Å². The summed E-state index contributed by atoms with van der Waals surface area (Å²) in [4.78, 5) is 25.6. The Labute approximate surface area is 222 Å². The van der Waals surface area contributed by atoms with E-state index in [0.29, 0.717) is 28.6 Å². The summed E-state index contributed by atoms with van der Waals surface area (Å²) in [5.74, 6) is -0.300. The molecular formula is C28H33Cl2NO5. The number of carbonyl (C=O) groups excluding carboxylic acids is 2. The van der Waals surface area contributed by atoms with Gasteiger partial charge in [-0.25, -0.2) is 4.79 Å². The first kappa shape index (κ1) is 26.6. The minimum Gasteiger partial charge on any atom is -0.506 e. The molecule has 8 heteroatoms. The van der Waals surface area contributed by atoms with E-state index in [1.807, 2.05) is 6.92 Å². The first-order chi connectivity index (χ1) is 17.0. The van der Waals surface area contributed by atoms with Crippen LogP contribution in [0.25, 0.3) is 0 Å². The van der Waals surface area contributed by atoms with Crippen LogP contribution in [0.4, 0.5) is 5.69 Å². The number of carbonyl (C=O) groups is 2. The van der Waals surface area contributed by atoms with Crippen molar-refractivity contribution in [1.29, 1.82) is 0 Å². The molecule has 6 nitrogen and oxygen atoms in total. The fourth-order valence-corrected chi connectivity index (χ4v) is 6.25. The number of phenols is 1. The molecule has 36 heavy (non-hydrogen) atoms. The molecule has 2 fully saturated rings. The number of phenolic OH excluding ortho intramolecular Hbond substituents is 1. The lowest BCUT2D eigenvalue weighted by molar-refractivity contribution is -0.134. The predicted octanol–water partition coefficient (Wildman–Crippen LogP) is 7.39. The third-order valence-corrected chi connectivity index (χ3v) is 8.94. The third kappa shape index (κ3) is 4.90. The van der Waals surface area contributed by atoms with Gasteiger partial charge in [0.25, 0.3) is 0 Å². The summed E-state index contributed by atoms with van der Waals surface area (Å²) in [6.45, 7) is 8.85. The van der Waals surface area contributed by atoms with Crippen LogP contribution in [-0.4, -0.2) is 23.1 Å². The predicted molar refractivity (Wildman–Crippen MR) is 141 cm³/mol. The topological polar surface area (TPSA) is 84.9 Å². The quantitative estimate of drug-likeness (QED) is 0.271. The lowest BCUT2D eigenvalue weighted by Crippen LogP contribution is -2.38. The first-order valence-electron chi connectivity index (χ1n) is 12.4. The summed E-state index contributed by atoms with van der Waals surface area (Å²) >= 11 is 12.1. The maximum atomic E-state index is 13.3. The van der Waals surface area contributed by atoms with Gasteiger partial charge in [0.2, 0.25) is 0 Å². The summed E-state index contributed by atoms with van der Waals surface area (Å²) in [6.07, 6.45) is 3.73. The number of hydrogen-bond donors (Lipinski definition) is 2. The number of fused-ring (bicyclic) bond motifs is 2. The van der Waals surface area contributed by atoms with E-state index in [9.17, 15) is 14.7 Å². The van der Waals surface area contributed by atoms with E-state index in [-0.39, 0.29) is 52.0 Å². The average molecular weight is 534 g/mol. The van der Waals surface area contributed by atoms with Crippen LogP contribution in [0.3, 0.4) is 0 Å². The Bertz CT molecular complexity index is 1180. The largest absolute Gasteiger partial charge is 0.506 e. The first-order valence-corrected chi connectivity index (χ1v) is 13.2. The SMILES string of the molecule is CCCC(=O)Oc1cc(NCc2cc(Cl)cc(Cl)c2O)ccc1C(=O)OC1CC2CCC1(C)C2(C)C. The van der Waals surface area contributed by atoms with Crippen LogP contribution in [-0.2, 0) is 16.1 Å². The van der Waals surface area contributed by atoms with Gasteiger partial charge in [0.1, 0.15) is 23.2 Å². The van der Waals surface area contributed by atoms with E-state index in [1.54, 1.807) is 24.3 Å². The van der Waals surface area contributed by atoms with E-state index >= 15 is 0 Å². The highest BCUT2D eigenvalue weighted by atomic mass is 35.5. The standard InChI is InChI=1S/C28H33Cl2NO5/c1-5-6-24(32)35-22-14-19(31-15-16-11-18(29)13-21(30)25(16)33)7-8-20(22)26(34)36-23-12-17-9-10-28(23,4)27(17,2)3/h7-8,11,13-14,17,23,31,33H,5-6,9-10,12,15H2,1-4H3. The second kappa shape index (κ2) is 10.1. The number of anilines is 1. The second-order valence-electron chi connectivity index (χ2n) is 10.7. The number of aromatic hydroxyl groups is 1. The zero-order valence-corrected chi connectivity index (χ0v) is 22.6. The van der Waals surface area contributed by atoms with E-state index < -0.39 is 11.9 Å². The molecular weight excluding hydrogens is 501 g/mol. The minimum atomic E-state index is -0.491. The van der Waals surface area contributed by atoms with Gasteiger partial charge in [0.05, 0.1) is 5.02 Å². The highest BCUT2D eigenvalue weighted by molar-refractivity contribution is 6.35. The Morgan fingerprint density at radius 1 is 1.17 bits per heavy atom. The van der Waals surface area contributed by atoms with Gasteiger partial charge in [-0.1, -0.05) is 50.9 Å². The van der Waals surface area contributed by atoms with E-state index in [1.165, 1.54) is 6.07 Å². The third-order valence-electron chi connectivity index (χ3n) is 8.43. The number of benzene rings is 2. The Hall–Kier alpha value is -2.44. The number of hydrogen-bond acceptors (Lipinski definition) is 6. The molecule has 194 valence electrons. The summed E-state index contributed by atoms with van der Waals surface area (Å²) in [7, 11) is 0. The Balaban J connectivity index is 1.55. The average Bonchev–Trinajstić information content (AvgIpc) is 3.14. The van der Waals surface area contributed by atoms with Crippen LogP contribution in [0.15, 0.2) is 30.3 Å². The molecule has 0 aromatic heterocycles. The molecule has 0 amide bonds. The van der Waals surface area contributed by atoms with Crippen molar-refractivity contribution >= 4 is 40.8 Å². The van der Waals surface area contributed by atoms with Crippen LogP contribution >= 0.6 is 23.2 Å². The van der Waals surface area contributed by atoms with Crippen LogP contribution in [0.1, 0.15) is 75.7 Å². The maximum Gasteiger partial charge on any atom is 0.342 e. The zero-order valence-electron chi connectivity index (χ0n) is 21.1. The van der Waals surface area contributed by atoms with Crippen LogP contribution in [0.2, 0.25) is 10.0 Å². The van der Waals surface area contributed by atoms with Crippen LogP contribution < -0.4 is 10.1 Å². The van der Waals surface area contributed by atoms with Crippen molar-refractivity contribution in [2.75, 3.05) is 5.32 Å². The molecule has 2 aliphatic carbocycles. The Kier molecular flexibility index (Phi) is 7.50. The summed E-state index contributed by atoms with van der Waals surface area (Å²) in [6, 6.07) is 7.99. The molecule has 0 aliphatic heterocycles. The molecule has 0 saturated heterocycles. The van der Waals surface area contributed by atoms with Crippen molar-refractivity contribution in [2.24, 2.45) is 16.7 Å². The highest BCUT2D eigenvalue weighted by Crippen LogP contribution is 2.66. The Morgan fingerprint density at radius 3 is 2.56 bits per heavy atom. The molecule has 2 bridgehead atoms. The van der Waals surface area contributed by atoms with Gasteiger partial charge >= 0.3 is 11.9 Å². The van der Waals surface area contributed by atoms with E-state index in [0.717, 1.165) is 19.3 Å². The monoisotopic (exact) mass is 533 g/mol. The van der Waals surface area contributed by atoms with E-state index in [2.05, 4.69) is 26.1 Å². The van der Waals surface area contributed by atoms with Crippen molar-refractivity contribution in [1.82, 2.24) is 0 Å². The number of rotatable bonds is 8. The molecule has 2 aromatic rings. The van der Waals surface area contributed by atoms with Gasteiger partial charge in [-0.05, 0) is 61.3 Å².